The molecule has 0 aliphatic rings. The van der Waals surface area contributed by atoms with E-state index >= 15 is 0 Å². The van der Waals surface area contributed by atoms with E-state index in [1.165, 1.54) is 18.2 Å². The van der Waals surface area contributed by atoms with E-state index in [1.54, 1.807) is 6.07 Å². The van der Waals surface area contributed by atoms with Gasteiger partial charge in [-0.3, -0.25) is 4.79 Å². The second-order valence-corrected chi connectivity index (χ2v) is 4.97. The number of hydrogen-bond acceptors (Lipinski definition) is 3. The molecule has 0 unspecified atom stereocenters. The number of amides is 1. The number of nitrogens with one attached hydrogen (secondary N) is 2. The van der Waals surface area contributed by atoms with Gasteiger partial charge in [-0.1, -0.05) is 23.2 Å². The molecule has 0 fully saturated rings. The summed E-state index contributed by atoms with van der Waals surface area (Å²) < 4.78 is 13.3. The Bertz CT molecular complexity index is 679. The fourth-order valence-corrected chi connectivity index (χ4v) is 2.00. The zero-order valence-electron chi connectivity index (χ0n) is 11.1. The molecule has 1 amide bonds. The molecule has 0 spiro atoms. The van der Waals surface area contributed by atoms with Gasteiger partial charge in [0.25, 0.3) is 5.91 Å². The molecule has 4 nitrogen and oxygen atoms in total. The van der Waals surface area contributed by atoms with Crippen molar-refractivity contribution in [3.63, 3.8) is 0 Å². The molecule has 0 aliphatic carbocycles. The SMILES string of the molecule is CCNc1cc(C(=O)Nc2ccc(Cl)c(F)c2)cc(Cl)n1. The zero-order chi connectivity index (χ0) is 15.4. The van der Waals surface area contributed by atoms with E-state index in [9.17, 15) is 9.18 Å². The number of carbonyl (C=O) groups is 1. The number of aromatic nitrogens is 1. The van der Waals surface area contributed by atoms with Gasteiger partial charge in [0.1, 0.15) is 16.8 Å². The Morgan fingerprint density at radius 3 is 2.71 bits per heavy atom. The molecule has 1 aromatic heterocycles. The van der Waals surface area contributed by atoms with Crippen LogP contribution in [-0.4, -0.2) is 17.4 Å². The Kier molecular flexibility index (Phi) is 4.98. The summed E-state index contributed by atoms with van der Waals surface area (Å²) in [7, 11) is 0. The lowest BCUT2D eigenvalue weighted by Crippen LogP contribution is -2.13. The minimum Gasteiger partial charge on any atom is -0.370 e. The van der Waals surface area contributed by atoms with Gasteiger partial charge in [-0.05, 0) is 37.3 Å². The van der Waals surface area contributed by atoms with Crippen molar-refractivity contribution >= 4 is 40.6 Å². The first-order valence-electron chi connectivity index (χ1n) is 6.17. The first-order chi connectivity index (χ1) is 9.99. The van der Waals surface area contributed by atoms with Crippen molar-refractivity contribution in [1.29, 1.82) is 0 Å². The van der Waals surface area contributed by atoms with Gasteiger partial charge in [0, 0.05) is 17.8 Å². The van der Waals surface area contributed by atoms with Crippen LogP contribution in [0.2, 0.25) is 10.2 Å². The van der Waals surface area contributed by atoms with Crippen LogP contribution >= 0.6 is 23.2 Å². The normalized spacial score (nSPS) is 10.3. The maximum Gasteiger partial charge on any atom is 0.255 e. The van der Waals surface area contributed by atoms with E-state index < -0.39 is 11.7 Å². The maximum absolute atomic E-state index is 13.3. The molecule has 21 heavy (non-hydrogen) atoms. The van der Waals surface area contributed by atoms with E-state index in [2.05, 4.69) is 15.6 Å². The van der Waals surface area contributed by atoms with Crippen LogP contribution < -0.4 is 10.6 Å². The zero-order valence-corrected chi connectivity index (χ0v) is 12.6. The van der Waals surface area contributed by atoms with Crippen molar-refractivity contribution in [3.05, 3.63) is 51.9 Å². The van der Waals surface area contributed by atoms with Gasteiger partial charge in [-0.25, -0.2) is 9.37 Å². The van der Waals surface area contributed by atoms with E-state index in [-0.39, 0.29) is 10.2 Å². The Labute approximate surface area is 131 Å². The molecule has 2 aromatic rings. The molecular weight excluding hydrogens is 316 g/mol. The molecule has 0 radical (unpaired) electrons. The third kappa shape index (κ3) is 4.06. The van der Waals surface area contributed by atoms with Gasteiger partial charge in [-0.15, -0.1) is 0 Å². The average molecular weight is 328 g/mol. The lowest BCUT2D eigenvalue weighted by Gasteiger charge is -2.08. The molecule has 2 N–H and O–H groups in total. The first-order valence-corrected chi connectivity index (χ1v) is 6.93. The smallest absolute Gasteiger partial charge is 0.255 e. The lowest BCUT2D eigenvalue weighted by molar-refractivity contribution is 0.102. The standard InChI is InChI=1S/C14H12Cl2FN3O/c1-2-18-13-6-8(5-12(16)20-13)14(21)19-9-3-4-10(15)11(17)7-9/h3-7H,2H2,1H3,(H,18,20)(H,19,21). The molecule has 0 aliphatic heterocycles. The highest BCUT2D eigenvalue weighted by Crippen LogP contribution is 2.20. The van der Waals surface area contributed by atoms with Gasteiger partial charge >= 0.3 is 0 Å². The number of hydrogen-bond donors (Lipinski definition) is 2. The topological polar surface area (TPSA) is 54.0 Å². The summed E-state index contributed by atoms with van der Waals surface area (Å²) in [6.45, 7) is 2.55. The second kappa shape index (κ2) is 6.74. The minimum atomic E-state index is -0.601. The molecule has 2 rings (SSSR count). The molecule has 0 saturated heterocycles. The van der Waals surface area contributed by atoms with Crippen molar-refractivity contribution in [3.8, 4) is 0 Å². The fourth-order valence-electron chi connectivity index (χ4n) is 1.68. The molecule has 0 atom stereocenters. The number of anilines is 2. The summed E-state index contributed by atoms with van der Waals surface area (Å²) in [5.74, 6) is -0.520. The monoisotopic (exact) mass is 327 g/mol. The van der Waals surface area contributed by atoms with Gasteiger partial charge in [0.2, 0.25) is 0 Å². The predicted molar refractivity (Wildman–Crippen MR) is 82.8 cm³/mol. The third-order valence-corrected chi connectivity index (χ3v) is 3.09. The van der Waals surface area contributed by atoms with Crippen LogP contribution in [0.25, 0.3) is 0 Å². The first kappa shape index (κ1) is 15.5. The number of carbonyl (C=O) groups excluding carboxylic acids is 1. The van der Waals surface area contributed by atoms with Gasteiger partial charge < -0.3 is 10.6 Å². The second-order valence-electron chi connectivity index (χ2n) is 4.18. The Hall–Kier alpha value is -1.85. The van der Waals surface area contributed by atoms with Crippen LogP contribution in [0.3, 0.4) is 0 Å². The Morgan fingerprint density at radius 2 is 2.05 bits per heavy atom. The predicted octanol–water partition coefficient (Wildman–Crippen LogP) is 4.21. The molecule has 0 bridgehead atoms. The largest absolute Gasteiger partial charge is 0.370 e. The van der Waals surface area contributed by atoms with E-state index in [0.717, 1.165) is 6.07 Å². The van der Waals surface area contributed by atoms with Gasteiger partial charge in [0.15, 0.2) is 0 Å². The van der Waals surface area contributed by atoms with Crippen LogP contribution in [0, 0.1) is 5.82 Å². The van der Waals surface area contributed by atoms with E-state index in [1.807, 2.05) is 6.92 Å². The quantitative estimate of drug-likeness (QED) is 0.827. The number of nitrogens with zero attached hydrogens (tertiary/aromatic N) is 1. The molecule has 1 aromatic carbocycles. The van der Waals surface area contributed by atoms with Crippen molar-refractivity contribution in [2.75, 3.05) is 17.2 Å². The van der Waals surface area contributed by atoms with E-state index in [4.69, 9.17) is 23.2 Å². The summed E-state index contributed by atoms with van der Waals surface area (Å²) in [5, 5.41) is 5.73. The highest BCUT2D eigenvalue weighted by molar-refractivity contribution is 6.31. The van der Waals surface area contributed by atoms with Crippen molar-refractivity contribution < 1.29 is 9.18 Å². The van der Waals surface area contributed by atoms with E-state index in [0.29, 0.717) is 23.6 Å². The Balaban J connectivity index is 2.21. The number of pyridine rings is 1. The summed E-state index contributed by atoms with van der Waals surface area (Å²) in [4.78, 5) is 16.2. The highest BCUT2D eigenvalue weighted by Gasteiger charge is 2.10. The summed E-state index contributed by atoms with van der Waals surface area (Å²) in [5.41, 5.74) is 0.626. The van der Waals surface area contributed by atoms with Crippen molar-refractivity contribution in [2.45, 2.75) is 6.92 Å². The highest BCUT2D eigenvalue weighted by atomic mass is 35.5. The molecule has 0 saturated carbocycles. The van der Waals surface area contributed by atoms with Gasteiger partial charge in [0.05, 0.1) is 5.02 Å². The summed E-state index contributed by atoms with van der Waals surface area (Å²) >= 11 is 11.5. The van der Waals surface area contributed by atoms with Crippen LogP contribution in [0.15, 0.2) is 30.3 Å². The third-order valence-electron chi connectivity index (χ3n) is 2.59. The lowest BCUT2D eigenvalue weighted by atomic mass is 10.2. The van der Waals surface area contributed by atoms with Crippen molar-refractivity contribution in [1.82, 2.24) is 4.98 Å². The van der Waals surface area contributed by atoms with Crippen LogP contribution in [0.5, 0.6) is 0 Å². The number of rotatable bonds is 4. The number of benzene rings is 1. The molecule has 7 heteroatoms. The van der Waals surface area contributed by atoms with Gasteiger partial charge in [-0.2, -0.15) is 0 Å². The summed E-state index contributed by atoms with van der Waals surface area (Å²) in [6, 6.07) is 7.03. The molecule has 1 heterocycles. The van der Waals surface area contributed by atoms with Crippen molar-refractivity contribution in [2.24, 2.45) is 0 Å². The fraction of sp³-hybridized carbons (Fsp3) is 0.143. The average Bonchev–Trinajstić information content (AvgIpc) is 2.42. The minimum absolute atomic E-state index is 0.00520. The Morgan fingerprint density at radius 1 is 1.29 bits per heavy atom. The molecular formula is C14H12Cl2FN3O. The molecule has 110 valence electrons. The maximum atomic E-state index is 13.3. The van der Waals surface area contributed by atoms with Crippen LogP contribution in [0.1, 0.15) is 17.3 Å². The van der Waals surface area contributed by atoms with Crippen LogP contribution in [-0.2, 0) is 0 Å². The van der Waals surface area contributed by atoms with Crippen LogP contribution in [0.4, 0.5) is 15.9 Å². The summed E-state index contributed by atoms with van der Waals surface area (Å²) in [6.07, 6.45) is 0. The number of halogens is 3.